The molecule has 0 aliphatic carbocycles. The van der Waals surface area contributed by atoms with Crippen LogP contribution in [-0.4, -0.2) is 0 Å². The van der Waals surface area contributed by atoms with Crippen molar-refractivity contribution >= 4 is 81.3 Å². The van der Waals surface area contributed by atoms with E-state index in [9.17, 15) is 0 Å². The zero-order chi connectivity index (χ0) is 32.3. The SMILES string of the molecule is c1ccc(-c2ccc(N(c3ccc(-c4cccc5c4sc4ccccc45)cc3)c3ccc4ccc5oc6ccccc6c5c4c3)cc2)cc1. The Morgan fingerprint density at radius 2 is 1.04 bits per heavy atom. The minimum atomic E-state index is 0.907. The van der Waals surface area contributed by atoms with E-state index in [1.165, 1.54) is 53.2 Å². The summed E-state index contributed by atoms with van der Waals surface area (Å²) in [6.45, 7) is 0. The highest BCUT2D eigenvalue weighted by molar-refractivity contribution is 7.26. The van der Waals surface area contributed by atoms with Gasteiger partial charge in [-0.3, -0.25) is 0 Å². The Hall–Kier alpha value is -6.16. The average Bonchev–Trinajstić information content (AvgIpc) is 3.75. The summed E-state index contributed by atoms with van der Waals surface area (Å²) in [6.07, 6.45) is 0. The molecular formula is C46H29NOS. The monoisotopic (exact) mass is 643 g/mol. The molecule has 0 N–H and O–H groups in total. The summed E-state index contributed by atoms with van der Waals surface area (Å²) in [5, 5.41) is 7.30. The van der Waals surface area contributed by atoms with Crippen molar-refractivity contribution in [1.82, 2.24) is 0 Å². The number of thiophene rings is 1. The number of rotatable bonds is 5. The Bertz CT molecular complexity index is 2810. The van der Waals surface area contributed by atoms with Gasteiger partial charge in [-0.2, -0.15) is 0 Å². The van der Waals surface area contributed by atoms with E-state index in [1.807, 2.05) is 23.5 Å². The van der Waals surface area contributed by atoms with E-state index in [0.717, 1.165) is 39.0 Å². The molecule has 0 fully saturated rings. The second-order valence-corrected chi connectivity index (χ2v) is 13.6. The smallest absolute Gasteiger partial charge is 0.136 e. The highest BCUT2D eigenvalue weighted by Crippen LogP contribution is 2.43. The molecule has 0 saturated heterocycles. The predicted molar refractivity (Wildman–Crippen MR) is 210 cm³/mol. The van der Waals surface area contributed by atoms with Crippen LogP contribution in [0.25, 0.3) is 75.1 Å². The van der Waals surface area contributed by atoms with Crippen molar-refractivity contribution in [1.29, 1.82) is 0 Å². The molecule has 0 unspecified atom stereocenters. The summed E-state index contributed by atoms with van der Waals surface area (Å²) in [6, 6.07) is 63.2. The van der Waals surface area contributed by atoms with E-state index in [2.05, 4.69) is 169 Å². The second kappa shape index (κ2) is 11.2. The van der Waals surface area contributed by atoms with Gasteiger partial charge in [0.25, 0.3) is 0 Å². The Kier molecular flexibility index (Phi) is 6.39. The quantitative estimate of drug-likeness (QED) is 0.186. The lowest BCUT2D eigenvalue weighted by Crippen LogP contribution is -2.09. The number of benzene rings is 8. The van der Waals surface area contributed by atoms with Crippen LogP contribution in [0.4, 0.5) is 17.1 Å². The fraction of sp³-hybridized carbons (Fsp3) is 0. The fourth-order valence-electron chi connectivity index (χ4n) is 7.32. The van der Waals surface area contributed by atoms with Crippen LogP contribution in [0.5, 0.6) is 0 Å². The topological polar surface area (TPSA) is 16.4 Å². The van der Waals surface area contributed by atoms with Crippen LogP contribution in [0.3, 0.4) is 0 Å². The minimum Gasteiger partial charge on any atom is -0.456 e. The molecule has 0 saturated carbocycles. The number of fused-ring (bicyclic) bond motifs is 8. The van der Waals surface area contributed by atoms with Crippen LogP contribution in [0.15, 0.2) is 180 Å². The van der Waals surface area contributed by atoms with Crippen molar-refractivity contribution in [2.24, 2.45) is 0 Å². The molecule has 2 heterocycles. The van der Waals surface area contributed by atoms with Crippen LogP contribution in [0.1, 0.15) is 0 Å². The average molecular weight is 644 g/mol. The van der Waals surface area contributed by atoms with Gasteiger partial charge in [-0.25, -0.2) is 0 Å². The Morgan fingerprint density at radius 3 is 1.86 bits per heavy atom. The Balaban J connectivity index is 1.13. The number of furan rings is 1. The molecule has 230 valence electrons. The summed E-state index contributed by atoms with van der Waals surface area (Å²) in [4.78, 5) is 2.36. The van der Waals surface area contributed by atoms with Gasteiger partial charge in [0.2, 0.25) is 0 Å². The molecule has 2 aromatic heterocycles. The second-order valence-electron chi connectivity index (χ2n) is 12.5. The summed E-state index contributed by atoms with van der Waals surface area (Å²) in [5.41, 5.74) is 10.00. The molecule has 0 aliphatic rings. The highest BCUT2D eigenvalue weighted by Gasteiger charge is 2.17. The molecule has 0 aliphatic heterocycles. The molecular weight excluding hydrogens is 615 g/mol. The highest BCUT2D eigenvalue weighted by atomic mass is 32.1. The van der Waals surface area contributed by atoms with Crippen molar-refractivity contribution in [2.45, 2.75) is 0 Å². The zero-order valence-corrected chi connectivity index (χ0v) is 27.3. The predicted octanol–water partition coefficient (Wildman–Crippen LogP) is 13.9. The van der Waals surface area contributed by atoms with Gasteiger partial charge >= 0.3 is 0 Å². The first-order chi connectivity index (χ1) is 24.3. The molecule has 3 heteroatoms. The van der Waals surface area contributed by atoms with Crippen molar-refractivity contribution < 1.29 is 4.42 Å². The largest absolute Gasteiger partial charge is 0.456 e. The maximum absolute atomic E-state index is 6.28. The summed E-state index contributed by atoms with van der Waals surface area (Å²) in [7, 11) is 0. The maximum atomic E-state index is 6.28. The van der Waals surface area contributed by atoms with Gasteiger partial charge in [0.1, 0.15) is 11.2 Å². The molecule has 0 radical (unpaired) electrons. The van der Waals surface area contributed by atoms with E-state index < -0.39 is 0 Å². The molecule has 0 bridgehead atoms. The maximum Gasteiger partial charge on any atom is 0.136 e. The van der Waals surface area contributed by atoms with Crippen LogP contribution < -0.4 is 4.90 Å². The molecule has 0 spiro atoms. The van der Waals surface area contributed by atoms with E-state index in [-0.39, 0.29) is 0 Å². The van der Waals surface area contributed by atoms with Gasteiger partial charge in [0, 0.05) is 48.0 Å². The van der Waals surface area contributed by atoms with Gasteiger partial charge in [-0.05, 0) is 87.6 Å². The van der Waals surface area contributed by atoms with E-state index in [0.29, 0.717) is 0 Å². The van der Waals surface area contributed by atoms with Gasteiger partial charge in [0.05, 0.1) is 0 Å². The summed E-state index contributed by atoms with van der Waals surface area (Å²) < 4.78 is 8.93. The summed E-state index contributed by atoms with van der Waals surface area (Å²) in [5.74, 6) is 0. The van der Waals surface area contributed by atoms with Crippen LogP contribution in [0, 0.1) is 0 Å². The zero-order valence-electron chi connectivity index (χ0n) is 26.5. The van der Waals surface area contributed by atoms with Crippen molar-refractivity contribution in [3.63, 3.8) is 0 Å². The lowest BCUT2D eigenvalue weighted by molar-refractivity contribution is 0.669. The molecule has 0 atom stereocenters. The molecule has 0 amide bonds. The molecule has 49 heavy (non-hydrogen) atoms. The van der Waals surface area contributed by atoms with Gasteiger partial charge in [-0.15, -0.1) is 11.3 Å². The van der Waals surface area contributed by atoms with Gasteiger partial charge < -0.3 is 9.32 Å². The van der Waals surface area contributed by atoms with Crippen molar-refractivity contribution in [2.75, 3.05) is 4.90 Å². The third-order valence-corrected chi connectivity index (χ3v) is 10.9. The van der Waals surface area contributed by atoms with Crippen molar-refractivity contribution in [3.8, 4) is 22.3 Å². The summed E-state index contributed by atoms with van der Waals surface area (Å²) >= 11 is 1.87. The Morgan fingerprint density at radius 1 is 0.408 bits per heavy atom. The third-order valence-electron chi connectivity index (χ3n) is 9.67. The standard InChI is InChI=1S/C46H29NOS/c1-2-9-30(10-3-1)31-17-23-34(24-18-31)47(36-27-21-33-22-28-43-45(41(33)29-36)40-12-4-6-15-42(40)48-43)35-25-19-32(20-26-35)37-13-8-14-39-38-11-5-7-16-44(38)49-46(37)39/h1-29H. The molecule has 2 nitrogen and oxygen atoms in total. The van der Waals surface area contributed by atoms with E-state index in [1.54, 1.807) is 0 Å². The first kappa shape index (κ1) is 27.9. The fourth-order valence-corrected chi connectivity index (χ4v) is 8.55. The molecule has 8 aromatic carbocycles. The van der Waals surface area contributed by atoms with Crippen LogP contribution in [0.2, 0.25) is 0 Å². The van der Waals surface area contributed by atoms with E-state index >= 15 is 0 Å². The lowest BCUT2D eigenvalue weighted by atomic mass is 10.0. The lowest BCUT2D eigenvalue weighted by Gasteiger charge is -2.26. The van der Waals surface area contributed by atoms with Crippen LogP contribution in [-0.2, 0) is 0 Å². The Labute approximate surface area is 287 Å². The van der Waals surface area contributed by atoms with Gasteiger partial charge in [-0.1, -0.05) is 121 Å². The first-order valence-corrected chi connectivity index (χ1v) is 17.4. The number of nitrogens with zero attached hydrogens (tertiary/aromatic N) is 1. The van der Waals surface area contributed by atoms with Gasteiger partial charge in [0.15, 0.2) is 0 Å². The number of hydrogen-bond donors (Lipinski definition) is 0. The normalized spacial score (nSPS) is 11.7. The number of para-hydroxylation sites is 1. The minimum absolute atomic E-state index is 0.907. The number of hydrogen-bond acceptors (Lipinski definition) is 3. The first-order valence-electron chi connectivity index (χ1n) is 16.6. The van der Waals surface area contributed by atoms with Crippen molar-refractivity contribution in [3.05, 3.63) is 176 Å². The molecule has 10 rings (SSSR count). The number of anilines is 3. The van der Waals surface area contributed by atoms with E-state index in [4.69, 9.17) is 4.42 Å². The van der Waals surface area contributed by atoms with Crippen LogP contribution >= 0.6 is 11.3 Å². The molecule has 10 aromatic rings. The third kappa shape index (κ3) is 4.62.